The van der Waals surface area contributed by atoms with E-state index in [0.717, 1.165) is 58.1 Å². The van der Waals surface area contributed by atoms with Crippen molar-refractivity contribution in [3.05, 3.63) is 18.0 Å². The SMILES string of the molecule is CCCCOCCCN=C(NCC)NCCc1cnn(C)c1.I. The molecule has 2 N–H and O–H groups in total. The van der Waals surface area contributed by atoms with E-state index in [4.69, 9.17) is 4.74 Å². The van der Waals surface area contributed by atoms with Crippen LogP contribution in [0.3, 0.4) is 0 Å². The molecule has 0 saturated carbocycles. The van der Waals surface area contributed by atoms with E-state index in [1.54, 1.807) is 0 Å². The fraction of sp³-hybridized carbons (Fsp3) is 0.750. The van der Waals surface area contributed by atoms with E-state index in [1.807, 2.05) is 24.1 Å². The predicted octanol–water partition coefficient (Wildman–Crippen LogP) is 2.34. The lowest BCUT2D eigenvalue weighted by Crippen LogP contribution is -2.38. The van der Waals surface area contributed by atoms with Crippen LogP contribution in [0.1, 0.15) is 38.7 Å². The van der Waals surface area contributed by atoms with E-state index in [9.17, 15) is 0 Å². The minimum atomic E-state index is 0. The normalized spacial score (nSPS) is 11.2. The zero-order valence-corrected chi connectivity index (χ0v) is 17.0. The molecule has 0 atom stereocenters. The zero-order valence-electron chi connectivity index (χ0n) is 14.7. The van der Waals surface area contributed by atoms with E-state index < -0.39 is 0 Å². The van der Waals surface area contributed by atoms with Crippen LogP contribution in [0.15, 0.2) is 17.4 Å². The number of hydrogen-bond donors (Lipinski definition) is 2. The average molecular weight is 437 g/mol. The van der Waals surface area contributed by atoms with Crippen molar-refractivity contribution >= 4 is 29.9 Å². The molecule has 0 amide bonds. The highest BCUT2D eigenvalue weighted by Crippen LogP contribution is 1.96. The first-order valence-electron chi connectivity index (χ1n) is 8.33. The third-order valence-electron chi connectivity index (χ3n) is 3.17. The predicted molar refractivity (Wildman–Crippen MR) is 107 cm³/mol. The molecule has 6 nitrogen and oxygen atoms in total. The standard InChI is InChI=1S/C16H31N5O.HI/c1-4-6-11-22-12-7-9-18-16(17-5-2)19-10-8-15-13-20-21(3)14-15;/h13-14H,4-12H2,1-3H3,(H2,17,18,19);1H. The summed E-state index contributed by atoms with van der Waals surface area (Å²) in [7, 11) is 1.94. The quantitative estimate of drug-likeness (QED) is 0.242. The molecule has 134 valence electrons. The van der Waals surface area contributed by atoms with Crippen LogP contribution in [0.2, 0.25) is 0 Å². The molecule has 0 bridgehead atoms. The molecule has 0 saturated heterocycles. The lowest BCUT2D eigenvalue weighted by atomic mass is 10.2. The average Bonchev–Trinajstić information content (AvgIpc) is 2.92. The van der Waals surface area contributed by atoms with Crippen molar-refractivity contribution in [1.82, 2.24) is 20.4 Å². The minimum absolute atomic E-state index is 0. The molecule has 1 aromatic rings. The summed E-state index contributed by atoms with van der Waals surface area (Å²) in [6.45, 7) is 8.41. The maximum atomic E-state index is 5.54. The number of nitrogens with one attached hydrogen (secondary N) is 2. The Morgan fingerprint density at radius 3 is 2.70 bits per heavy atom. The van der Waals surface area contributed by atoms with Gasteiger partial charge in [-0.05, 0) is 31.7 Å². The van der Waals surface area contributed by atoms with Crippen LogP contribution in [0.4, 0.5) is 0 Å². The first-order valence-corrected chi connectivity index (χ1v) is 8.33. The molecule has 0 radical (unpaired) electrons. The Hall–Kier alpha value is -0.830. The molecule has 23 heavy (non-hydrogen) atoms. The van der Waals surface area contributed by atoms with Crippen molar-refractivity contribution in [1.29, 1.82) is 0 Å². The van der Waals surface area contributed by atoms with Gasteiger partial charge >= 0.3 is 0 Å². The van der Waals surface area contributed by atoms with Crippen LogP contribution in [-0.2, 0) is 18.2 Å². The molecule has 7 heteroatoms. The maximum absolute atomic E-state index is 5.54. The summed E-state index contributed by atoms with van der Waals surface area (Å²) in [6.07, 6.45) is 8.17. The Morgan fingerprint density at radius 2 is 2.04 bits per heavy atom. The molecule has 0 spiro atoms. The molecule has 0 aliphatic rings. The van der Waals surface area contributed by atoms with Gasteiger partial charge in [0, 0.05) is 46.1 Å². The highest BCUT2D eigenvalue weighted by atomic mass is 127. The monoisotopic (exact) mass is 437 g/mol. The van der Waals surface area contributed by atoms with Gasteiger partial charge in [0.2, 0.25) is 0 Å². The van der Waals surface area contributed by atoms with Crippen LogP contribution < -0.4 is 10.6 Å². The van der Waals surface area contributed by atoms with Gasteiger partial charge in [0.05, 0.1) is 6.20 Å². The summed E-state index contributed by atoms with van der Waals surface area (Å²) < 4.78 is 7.36. The van der Waals surface area contributed by atoms with Gasteiger partial charge in [-0.15, -0.1) is 24.0 Å². The van der Waals surface area contributed by atoms with E-state index in [0.29, 0.717) is 0 Å². The summed E-state index contributed by atoms with van der Waals surface area (Å²) in [5.74, 6) is 0.875. The minimum Gasteiger partial charge on any atom is -0.381 e. The van der Waals surface area contributed by atoms with Crippen LogP contribution in [0.25, 0.3) is 0 Å². The summed E-state index contributed by atoms with van der Waals surface area (Å²) in [6, 6.07) is 0. The Bertz CT molecular complexity index is 422. The first kappa shape index (κ1) is 22.2. The van der Waals surface area contributed by atoms with Crippen molar-refractivity contribution in [2.75, 3.05) is 32.8 Å². The van der Waals surface area contributed by atoms with Gasteiger partial charge in [-0.2, -0.15) is 5.10 Å². The van der Waals surface area contributed by atoms with Crippen LogP contribution in [0, 0.1) is 0 Å². The van der Waals surface area contributed by atoms with Crippen molar-refractivity contribution in [2.45, 2.75) is 39.5 Å². The van der Waals surface area contributed by atoms with Gasteiger partial charge in [-0.3, -0.25) is 9.67 Å². The number of aryl methyl sites for hydroxylation is 1. The third kappa shape index (κ3) is 11.4. The van der Waals surface area contributed by atoms with Gasteiger partial charge < -0.3 is 15.4 Å². The summed E-state index contributed by atoms with van der Waals surface area (Å²) in [5.41, 5.74) is 1.23. The second-order valence-electron chi connectivity index (χ2n) is 5.28. The second kappa shape index (κ2) is 14.7. The lowest BCUT2D eigenvalue weighted by molar-refractivity contribution is 0.130. The number of halogens is 1. The van der Waals surface area contributed by atoms with Gasteiger partial charge in [0.1, 0.15) is 0 Å². The van der Waals surface area contributed by atoms with Crippen molar-refractivity contribution in [3.63, 3.8) is 0 Å². The number of unbranched alkanes of at least 4 members (excludes halogenated alkanes) is 1. The van der Waals surface area contributed by atoms with Crippen molar-refractivity contribution < 1.29 is 4.74 Å². The van der Waals surface area contributed by atoms with Gasteiger partial charge in [0.25, 0.3) is 0 Å². The van der Waals surface area contributed by atoms with E-state index in [2.05, 4.69) is 34.6 Å². The number of aromatic nitrogens is 2. The Balaban J connectivity index is 0.00000484. The Kier molecular flexibility index (Phi) is 14.2. The van der Waals surface area contributed by atoms with E-state index in [1.165, 1.54) is 12.0 Å². The molecule has 0 unspecified atom stereocenters. The zero-order chi connectivity index (χ0) is 16.0. The topological polar surface area (TPSA) is 63.5 Å². The second-order valence-corrected chi connectivity index (χ2v) is 5.28. The fourth-order valence-corrected chi connectivity index (χ4v) is 1.97. The van der Waals surface area contributed by atoms with Crippen LogP contribution in [0.5, 0.6) is 0 Å². The van der Waals surface area contributed by atoms with Crippen LogP contribution in [-0.4, -0.2) is 48.6 Å². The molecule has 1 aromatic heterocycles. The third-order valence-corrected chi connectivity index (χ3v) is 3.17. The summed E-state index contributed by atoms with van der Waals surface area (Å²) in [4.78, 5) is 4.56. The highest BCUT2D eigenvalue weighted by molar-refractivity contribution is 14.0. The smallest absolute Gasteiger partial charge is 0.191 e. The fourth-order valence-electron chi connectivity index (χ4n) is 1.97. The summed E-state index contributed by atoms with van der Waals surface area (Å²) >= 11 is 0. The molecule has 0 aliphatic heterocycles. The molecular weight excluding hydrogens is 405 g/mol. The molecule has 0 aromatic carbocycles. The summed E-state index contributed by atoms with van der Waals surface area (Å²) in [5, 5.41) is 10.8. The molecular formula is C16H32IN5O. The van der Waals surface area contributed by atoms with Gasteiger partial charge in [-0.25, -0.2) is 0 Å². The highest BCUT2D eigenvalue weighted by Gasteiger charge is 1.99. The maximum Gasteiger partial charge on any atom is 0.191 e. The lowest BCUT2D eigenvalue weighted by Gasteiger charge is -2.10. The van der Waals surface area contributed by atoms with Crippen molar-refractivity contribution in [3.8, 4) is 0 Å². The number of guanidine groups is 1. The number of aliphatic imine (C=N–C) groups is 1. The van der Waals surface area contributed by atoms with E-state index in [-0.39, 0.29) is 24.0 Å². The molecule has 0 aliphatic carbocycles. The number of nitrogens with zero attached hydrogens (tertiary/aromatic N) is 3. The van der Waals surface area contributed by atoms with Gasteiger partial charge in [0.15, 0.2) is 5.96 Å². The molecule has 1 rings (SSSR count). The number of rotatable bonds is 11. The van der Waals surface area contributed by atoms with Gasteiger partial charge in [-0.1, -0.05) is 13.3 Å². The number of ether oxygens (including phenoxy) is 1. The molecule has 1 heterocycles. The Labute approximate surface area is 157 Å². The van der Waals surface area contributed by atoms with Crippen LogP contribution >= 0.6 is 24.0 Å². The Morgan fingerprint density at radius 1 is 1.26 bits per heavy atom. The first-order chi connectivity index (χ1) is 10.8. The van der Waals surface area contributed by atoms with E-state index >= 15 is 0 Å². The number of hydrogen-bond acceptors (Lipinski definition) is 3. The molecule has 0 fully saturated rings. The van der Waals surface area contributed by atoms with Crippen molar-refractivity contribution in [2.24, 2.45) is 12.0 Å². The largest absolute Gasteiger partial charge is 0.381 e.